The quantitative estimate of drug-likeness (QED) is 0.648. The molecule has 1 saturated heterocycles. The number of H-pyrrole nitrogens is 1. The highest BCUT2D eigenvalue weighted by Crippen LogP contribution is 2.23. The molecule has 0 bridgehead atoms. The second-order valence-corrected chi connectivity index (χ2v) is 6.08. The Morgan fingerprint density at radius 3 is 2.96 bits per heavy atom. The lowest BCUT2D eigenvalue weighted by molar-refractivity contribution is -0.117. The van der Waals surface area contributed by atoms with Crippen molar-refractivity contribution in [3.8, 4) is 17.3 Å². The molecule has 2 N–H and O–H groups in total. The summed E-state index contributed by atoms with van der Waals surface area (Å²) in [6.07, 6.45) is 5.16. The summed E-state index contributed by atoms with van der Waals surface area (Å²) in [5.74, 6) is -0.394. The molecule has 1 fully saturated rings. The van der Waals surface area contributed by atoms with Gasteiger partial charge >= 0.3 is 0 Å². The molecule has 1 atom stereocenters. The standard InChI is InChI=1S/C19H20N4O2/c1-13-4-6-14(7-5-13)18-16(11-22-23-18)9-15(10-20)19(24)21-12-17-3-2-8-25-17/h4-7,9,11,17H,2-3,8,12H2,1H3,(H,21,24)(H,22,23). The number of amides is 1. The molecular formula is C19H20N4O2. The maximum absolute atomic E-state index is 12.3. The monoisotopic (exact) mass is 336 g/mol. The van der Waals surface area contributed by atoms with Crippen LogP contribution in [0.1, 0.15) is 24.0 Å². The van der Waals surface area contributed by atoms with Gasteiger partial charge in [0.05, 0.1) is 18.0 Å². The summed E-state index contributed by atoms with van der Waals surface area (Å²) in [5.41, 5.74) is 3.64. The van der Waals surface area contributed by atoms with Crippen LogP contribution >= 0.6 is 0 Å². The summed E-state index contributed by atoms with van der Waals surface area (Å²) in [6.45, 7) is 3.17. The van der Waals surface area contributed by atoms with E-state index in [1.807, 2.05) is 37.3 Å². The summed E-state index contributed by atoms with van der Waals surface area (Å²) in [6, 6.07) is 9.93. The molecule has 1 aliphatic rings. The fourth-order valence-electron chi connectivity index (χ4n) is 2.77. The maximum Gasteiger partial charge on any atom is 0.262 e. The minimum absolute atomic E-state index is 0.0425. The molecule has 0 aliphatic carbocycles. The molecule has 1 aromatic heterocycles. The first-order chi connectivity index (χ1) is 12.2. The molecule has 6 nitrogen and oxygen atoms in total. The Morgan fingerprint density at radius 2 is 2.28 bits per heavy atom. The lowest BCUT2D eigenvalue weighted by atomic mass is 10.0. The van der Waals surface area contributed by atoms with Crippen molar-refractivity contribution >= 4 is 12.0 Å². The Balaban J connectivity index is 1.76. The number of nitriles is 1. The SMILES string of the molecule is Cc1ccc(-c2[nH]ncc2C=C(C#N)C(=O)NCC2CCCO2)cc1. The van der Waals surface area contributed by atoms with Crippen molar-refractivity contribution in [2.24, 2.45) is 0 Å². The van der Waals surface area contributed by atoms with Gasteiger partial charge in [-0.25, -0.2) is 0 Å². The Bertz CT molecular complexity index is 809. The number of nitrogens with one attached hydrogen (secondary N) is 2. The van der Waals surface area contributed by atoms with Crippen molar-refractivity contribution in [3.05, 3.63) is 47.2 Å². The highest BCUT2D eigenvalue weighted by molar-refractivity contribution is 6.02. The van der Waals surface area contributed by atoms with E-state index in [4.69, 9.17) is 4.74 Å². The number of ether oxygens (including phenoxy) is 1. The Labute approximate surface area is 146 Å². The van der Waals surface area contributed by atoms with Gasteiger partial charge in [-0.3, -0.25) is 9.89 Å². The van der Waals surface area contributed by atoms with E-state index in [9.17, 15) is 10.1 Å². The molecule has 0 saturated carbocycles. The number of nitrogens with zero attached hydrogens (tertiary/aromatic N) is 2. The number of aryl methyl sites for hydroxylation is 1. The third-order valence-electron chi connectivity index (χ3n) is 4.19. The lowest BCUT2D eigenvalue weighted by Crippen LogP contribution is -2.32. The van der Waals surface area contributed by atoms with Gasteiger partial charge in [0.25, 0.3) is 5.91 Å². The number of benzene rings is 1. The van der Waals surface area contributed by atoms with E-state index in [-0.39, 0.29) is 11.7 Å². The zero-order chi connectivity index (χ0) is 17.6. The van der Waals surface area contributed by atoms with E-state index in [0.717, 1.165) is 36.3 Å². The van der Waals surface area contributed by atoms with Crippen LogP contribution in [-0.2, 0) is 9.53 Å². The second-order valence-electron chi connectivity index (χ2n) is 6.08. The average Bonchev–Trinajstić information content (AvgIpc) is 3.30. The summed E-state index contributed by atoms with van der Waals surface area (Å²) in [7, 11) is 0. The van der Waals surface area contributed by atoms with E-state index in [2.05, 4.69) is 15.5 Å². The predicted octanol–water partition coefficient (Wildman–Crippen LogP) is 2.59. The van der Waals surface area contributed by atoms with Crippen molar-refractivity contribution in [1.29, 1.82) is 5.26 Å². The number of aromatic nitrogens is 2. The van der Waals surface area contributed by atoms with Gasteiger partial charge in [-0.2, -0.15) is 10.4 Å². The molecule has 128 valence electrons. The van der Waals surface area contributed by atoms with Crippen molar-refractivity contribution in [3.63, 3.8) is 0 Å². The first-order valence-corrected chi connectivity index (χ1v) is 8.29. The molecule has 0 radical (unpaired) electrons. The fraction of sp³-hybridized carbons (Fsp3) is 0.316. The lowest BCUT2D eigenvalue weighted by Gasteiger charge is -2.10. The van der Waals surface area contributed by atoms with Crippen LogP contribution in [0.5, 0.6) is 0 Å². The van der Waals surface area contributed by atoms with E-state index in [1.165, 1.54) is 0 Å². The van der Waals surface area contributed by atoms with Crippen LogP contribution in [0, 0.1) is 18.3 Å². The molecule has 6 heteroatoms. The number of carbonyl (C=O) groups is 1. The maximum atomic E-state index is 12.3. The highest BCUT2D eigenvalue weighted by Gasteiger charge is 2.18. The van der Waals surface area contributed by atoms with Gasteiger partial charge < -0.3 is 10.1 Å². The van der Waals surface area contributed by atoms with Crippen LogP contribution in [0.4, 0.5) is 0 Å². The summed E-state index contributed by atoms with van der Waals surface area (Å²) in [4.78, 5) is 12.3. The molecule has 1 aromatic carbocycles. The van der Waals surface area contributed by atoms with Gasteiger partial charge in [0, 0.05) is 24.3 Å². The molecular weight excluding hydrogens is 316 g/mol. The van der Waals surface area contributed by atoms with Crippen molar-refractivity contribution in [2.75, 3.05) is 13.2 Å². The molecule has 1 unspecified atom stereocenters. The molecule has 2 heterocycles. The topological polar surface area (TPSA) is 90.8 Å². The Morgan fingerprint density at radius 1 is 1.48 bits per heavy atom. The third kappa shape index (κ3) is 4.14. The van der Waals surface area contributed by atoms with Crippen molar-refractivity contribution < 1.29 is 9.53 Å². The number of carbonyl (C=O) groups excluding carboxylic acids is 1. The van der Waals surface area contributed by atoms with Gasteiger partial charge in [0.2, 0.25) is 0 Å². The van der Waals surface area contributed by atoms with E-state index < -0.39 is 5.91 Å². The molecule has 1 amide bonds. The number of hydrogen-bond donors (Lipinski definition) is 2. The number of hydrogen-bond acceptors (Lipinski definition) is 4. The summed E-state index contributed by atoms with van der Waals surface area (Å²) < 4.78 is 5.48. The third-order valence-corrected chi connectivity index (χ3v) is 4.19. The van der Waals surface area contributed by atoms with Crippen LogP contribution in [-0.4, -0.2) is 35.4 Å². The summed E-state index contributed by atoms with van der Waals surface area (Å²) >= 11 is 0. The van der Waals surface area contributed by atoms with Gasteiger partial charge in [-0.15, -0.1) is 0 Å². The first-order valence-electron chi connectivity index (χ1n) is 8.29. The molecule has 0 spiro atoms. The Hall–Kier alpha value is -2.91. The van der Waals surface area contributed by atoms with Crippen LogP contribution in [0.15, 0.2) is 36.0 Å². The minimum atomic E-state index is -0.394. The van der Waals surface area contributed by atoms with Crippen LogP contribution in [0.25, 0.3) is 17.3 Å². The largest absolute Gasteiger partial charge is 0.376 e. The number of aromatic amines is 1. The zero-order valence-electron chi connectivity index (χ0n) is 14.1. The van der Waals surface area contributed by atoms with Crippen molar-refractivity contribution in [2.45, 2.75) is 25.9 Å². The van der Waals surface area contributed by atoms with Gasteiger partial charge in [0.15, 0.2) is 0 Å². The van der Waals surface area contributed by atoms with E-state index in [0.29, 0.717) is 12.1 Å². The molecule has 3 rings (SSSR count). The average molecular weight is 336 g/mol. The van der Waals surface area contributed by atoms with Gasteiger partial charge in [-0.1, -0.05) is 29.8 Å². The number of rotatable bonds is 5. The highest BCUT2D eigenvalue weighted by atomic mass is 16.5. The van der Waals surface area contributed by atoms with Crippen molar-refractivity contribution in [1.82, 2.24) is 15.5 Å². The van der Waals surface area contributed by atoms with Crippen LogP contribution in [0.3, 0.4) is 0 Å². The molecule has 25 heavy (non-hydrogen) atoms. The normalized spacial score (nSPS) is 17.3. The molecule has 1 aliphatic heterocycles. The van der Waals surface area contributed by atoms with Crippen LogP contribution < -0.4 is 5.32 Å². The van der Waals surface area contributed by atoms with Gasteiger partial charge in [0.1, 0.15) is 11.6 Å². The van der Waals surface area contributed by atoms with E-state index >= 15 is 0 Å². The first kappa shape index (κ1) is 16.9. The van der Waals surface area contributed by atoms with Crippen LogP contribution in [0.2, 0.25) is 0 Å². The second kappa shape index (κ2) is 7.77. The molecule has 2 aromatic rings. The zero-order valence-corrected chi connectivity index (χ0v) is 14.1. The fourth-order valence-corrected chi connectivity index (χ4v) is 2.77. The van der Waals surface area contributed by atoms with Gasteiger partial charge in [-0.05, 0) is 25.8 Å². The smallest absolute Gasteiger partial charge is 0.262 e. The van der Waals surface area contributed by atoms with E-state index in [1.54, 1.807) is 12.3 Å². The Kier molecular flexibility index (Phi) is 5.26. The summed E-state index contributed by atoms with van der Waals surface area (Å²) in [5, 5.41) is 19.1. The predicted molar refractivity (Wildman–Crippen MR) is 94.3 cm³/mol. The minimum Gasteiger partial charge on any atom is -0.376 e.